The summed E-state index contributed by atoms with van der Waals surface area (Å²) in [7, 11) is 0. The lowest BCUT2D eigenvalue weighted by atomic mass is 10.3. The maximum Gasteiger partial charge on any atom is 0.253 e. The largest absolute Gasteiger partial charge is 0.377 e. The highest BCUT2D eigenvalue weighted by molar-refractivity contribution is 6.60. The molecule has 0 atom stereocenters. The number of carbonyl (C=O) groups is 3. The van der Waals surface area contributed by atoms with E-state index in [4.69, 9.17) is 20.1 Å². The molecule has 1 heterocycles. The number of ether oxygens (including phenoxy) is 3. The van der Waals surface area contributed by atoms with Crippen molar-refractivity contribution in [1.82, 2.24) is 4.90 Å². The molecule has 144 valence electrons. The van der Waals surface area contributed by atoms with Crippen LogP contribution in [0, 0.1) is 0 Å². The number of nitrogens with two attached hydrogens (primary N) is 1. The fourth-order valence-electron chi connectivity index (χ4n) is 1.83. The second-order valence-electron chi connectivity index (χ2n) is 5.10. The smallest absolute Gasteiger partial charge is 0.253 e. The van der Waals surface area contributed by atoms with E-state index in [0.29, 0.717) is 39.6 Å². The molecular weight excluding hydrogens is 344 g/mol. The van der Waals surface area contributed by atoms with Crippen LogP contribution in [-0.2, 0) is 28.6 Å². The van der Waals surface area contributed by atoms with Crippen LogP contribution in [0.2, 0.25) is 0 Å². The molecule has 0 saturated heterocycles. The molecule has 2 amide bonds. The summed E-state index contributed by atoms with van der Waals surface area (Å²) >= 11 is 0. The number of ketones is 1. The predicted octanol–water partition coefficient (Wildman–Crippen LogP) is -1.06. The van der Waals surface area contributed by atoms with Crippen LogP contribution < -0.4 is 5.84 Å². The fraction of sp³-hybridized carbons (Fsp3) is 0.562. The Morgan fingerprint density at radius 3 is 2.12 bits per heavy atom. The number of hydrogen-bond donors (Lipinski definition) is 1. The molecular formula is C16H24N4O6. The zero-order chi connectivity index (χ0) is 19.2. The first kappa shape index (κ1) is 21.6. The predicted molar refractivity (Wildman–Crippen MR) is 94.0 cm³/mol. The standard InChI is InChI=1S/C16H24N4O6/c1-13(21)14(19-17)12-18-4-6-24-8-10-26-11-9-25-7-5-20-15(22)2-3-16(20)23/h2-3,12H,4-11,17H2,1H3. The Hall–Kier alpha value is -2.43. The molecule has 10 heteroatoms. The van der Waals surface area contributed by atoms with Gasteiger partial charge in [0.25, 0.3) is 11.8 Å². The SMILES string of the molecule is CC(=O)C(C=NCCOCCOCCOCCN1C(=O)C=CC1=O)=NN. The molecule has 0 bridgehead atoms. The van der Waals surface area contributed by atoms with Gasteiger partial charge in [-0.3, -0.25) is 24.3 Å². The molecule has 0 fully saturated rings. The van der Waals surface area contributed by atoms with E-state index in [9.17, 15) is 14.4 Å². The van der Waals surface area contributed by atoms with Crippen LogP contribution in [0.1, 0.15) is 6.92 Å². The van der Waals surface area contributed by atoms with Gasteiger partial charge in [0.05, 0.1) is 58.9 Å². The molecule has 2 N–H and O–H groups in total. The number of amides is 2. The van der Waals surface area contributed by atoms with E-state index < -0.39 is 0 Å². The number of hydrazone groups is 1. The quantitative estimate of drug-likeness (QED) is 0.136. The van der Waals surface area contributed by atoms with E-state index in [1.54, 1.807) is 0 Å². The second kappa shape index (κ2) is 12.9. The number of carbonyl (C=O) groups excluding carboxylic acids is 3. The minimum Gasteiger partial charge on any atom is -0.377 e. The lowest BCUT2D eigenvalue weighted by Crippen LogP contribution is -2.33. The highest BCUT2D eigenvalue weighted by atomic mass is 16.5. The number of rotatable bonds is 14. The maximum atomic E-state index is 11.3. The van der Waals surface area contributed by atoms with Crippen LogP contribution >= 0.6 is 0 Å². The number of aliphatic imine (C=N–C) groups is 1. The van der Waals surface area contributed by atoms with Crippen molar-refractivity contribution < 1.29 is 28.6 Å². The van der Waals surface area contributed by atoms with Gasteiger partial charge in [-0.15, -0.1) is 0 Å². The van der Waals surface area contributed by atoms with E-state index in [0.717, 1.165) is 4.90 Å². The molecule has 1 rings (SSSR count). The summed E-state index contributed by atoms with van der Waals surface area (Å²) in [5.74, 6) is 4.16. The minimum absolute atomic E-state index is 0.114. The Balaban J connectivity index is 1.88. The Morgan fingerprint density at radius 1 is 1.04 bits per heavy atom. The number of imide groups is 1. The highest BCUT2D eigenvalue weighted by Crippen LogP contribution is 2.02. The molecule has 0 aromatic heterocycles. The lowest BCUT2D eigenvalue weighted by molar-refractivity contribution is -0.137. The summed E-state index contributed by atoms with van der Waals surface area (Å²) in [5, 5.41) is 3.31. The van der Waals surface area contributed by atoms with E-state index in [-0.39, 0.29) is 36.5 Å². The molecule has 0 unspecified atom stereocenters. The molecule has 0 aliphatic carbocycles. The van der Waals surface area contributed by atoms with Crippen molar-refractivity contribution in [2.75, 3.05) is 52.7 Å². The molecule has 10 nitrogen and oxygen atoms in total. The van der Waals surface area contributed by atoms with Gasteiger partial charge in [-0.2, -0.15) is 5.10 Å². The first-order valence-corrected chi connectivity index (χ1v) is 8.11. The van der Waals surface area contributed by atoms with Gasteiger partial charge in [0.1, 0.15) is 5.71 Å². The summed E-state index contributed by atoms with van der Waals surface area (Å²) in [4.78, 5) is 38.7. The molecule has 0 spiro atoms. The second-order valence-corrected chi connectivity index (χ2v) is 5.10. The molecule has 1 aliphatic rings. The average molecular weight is 368 g/mol. The van der Waals surface area contributed by atoms with E-state index in [1.807, 2.05) is 0 Å². The zero-order valence-electron chi connectivity index (χ0n) is 14.8. The van der Waals surface area contributed by atoms with Crippen LogP contribution in [0.3, 0.4) is 0 Å². The maximum absolute atomic E-state index is 11.3. The first-order chi connectivity index (χ1) is 12.6. The van der Waals surface area contributed by atoms with Gasteiger partial charge in [-0.05, 0) is 0 Å². The summed E-state index contributed by atoms with van der Waals surface area (Å²) in [6.45, 7) is 4.19. The summed E-state index contributed by atoms with van der Waals surface area (Å²) in [6, 6.07) is 0. The molecule has 0 aromatic rings. The molecule has 0 saturated carbocycles. The van der Waals surface area contributed by atoms with Crippen LogP contribution in [0.25, 0.3) is 0 Å². The molecule has 1 aliphatic heterocycles. The zero-order valence-corrected chi connectivity index (χ0v) is 14.8. The van der Waals surface area contributed by atoms with Crippen molar-refractivity contribution >= 4 is 29.5 Å². The molecule has 0 aromatic carbocycles. The number of nitrogens with zero attached hydrogens (tertiary/aromatic N) is 3. The van der Waals surface area contributed by atoms with Crippen LogP contribution in [0.4, 0.5) is 0 Å². The first-order valence-electron chi connectivity index (χ1n) is 8.11. The van der Waals surface area contributed by atoms with Crippen LogP contribution in [-0.4, -0.2) is 87.2 Å². The van der Waals surface area contributed by atoms with Crippen molar-refractivity contribution in [2.45, 2.75) is 6.92 Å². The number of hydrogen-bond acceptors (Lipinski definition) is 9. The summed E-state index contributed by atoms with van der Waals surface area (Å²) in [5.41, 5.74) is 0.114. The topological polar surface area (TPSA) is 133 Å². The lowest BCUT2D eigenvalue weighted by Gasteiger charge is -2.13. The third kappa shape index (κ3) is 8.60. The van der Waals surface area contributed by atoms with Crippen molar-refractivity contribution in [2.24, 2.45) is 15.9 Å². The Bertz CT molecular complexity index is 555. The van der Waals surface area contributed by atoms with Crippen molar-refractivity contribution in [1.29, 1.82) is 0 Å². The average Bonchev–Trinajstić information content (AvgIpc) is 2.93. The highest BCUT2D eigenvalue weighted by Gasteiger charge is 2.22. The van der Waals surface area contributed by atoms with Gasteiger partial charge in [0.2, 0.25) is 0 Å². The van der Waals surface area contributed by atoms with Gasteiger partial charge < -0.3 is 20.1 Å². The summed E-state index contributed by atoms with van der Waals surface area (Å²) in [6.07, 6.45) is 3.80. The Labute approximate surface area is 151 Å². The van der Waals surface area contributed by atoms with Crippen LogP contribution in [0.5, 0.6) is 0 Å². The molecule has 0 radical (unpaired) electrons. The van der Waals surface area contributed by atoms with Crippen molar-refractivity contribution in [3.63, 3.8) is 0 Å². The van der Waals surface area contributed by atoms with Gasteiger partial charge in [0.15, 0.2) is 5.78 Å². The normalized spacial score (nSPS) is 14.8. The number of Topliss-reactive ketones (excluding diaryl/α,β-unsaturated/α-hetero) is 1. The minimum atomic E-state index is -0.316. The summed E-state index contributed by atoms with van der Waals surface area (Å²) < 4.78 is 15.9. The third-order valence-corrected chi connectivity index (χ3v) is 3.18. The van der Waals surface area contributed by atoms with Gasteiger partial charge in [0, 0.05) is 19.1 Å². The fourth-order valence-corrected chi connectivity index (χ4v) is 1.83. The van der Waals surface area contributed by atoms with Crippen molar-refractivity contribution in [3.8, 4) is 0 Å². The Kier molecular flexibility index (Phi) is 10.7. The van der Waals surface area contributed by atoms with E-state index in [1.165, 1.54) is 25.3 Å². The van der Waals surface area contributed by atoms with Gasteiger partial charge >= 0.3 is 0 Å². The van der Waals surface area contributed by atoms with Gasteiger partial charge in [-0.25, -0.2) is 0 Å². The third-order valence-electron chi connectivity index (χ3n) is 3.18. The Morgan fingerprint density at radius 2 is 1.58 bits per heavy atom. The van der Waals surface area contributed by atoms with E-state index >= 15 is 0 Å². The molecule has 26 heavy (non-hydrogen) atoms. The van der Waals surface area contributed by atoms with Crippen LogP contribution in [0.15, 0.2) is 22.2 Å². The van der Waals surface area contributed by atoms with Gasteiger partial charge in [-0.1, -0.05) is 0 Å². The monoisotopic (exact) mass is 368 g/mol. The van der Waals surface area contributed by atoms with E-state index in [2.05, 4.69) is 10.1 Å². The van der Waals surface area contributed by atoms with Crippen molar-refractivity contribution in [3.05, 3.63) is 12.2 Å².